The molecule has 0 saturated carbocycles. The van der Waals surface area contributed by atoms with Crippen molar-refractivity contribution in [3.63, 3.8) is 0 Å². The highest BCUT2D eigenvalue weighted by atomic mass is 19.4. The van der Waals surface area contributed by atoms with Gasteiger partial charge in [0.15, 0.2) is 0 Å². The molecule has 0 aromatic heterocycles. The van der Waals surface area contributed by atoms with Gasteiger partial charge in [0.25, 0.3) is 0 Å². The first-order valence-corrected chi connectivity index (χ1v) is 6.81. The van der Waals surface area contributed by atoms with Crippen LogP contribution in [0.2, 0.25) is 0 Å². The molecule has 1 fully saturated rings. The molecule has 120 valence electrons. The highest BCUT2D eigenvalue weighted by Gasteiger charge is 2.31. The van der Waals surface area contributed by atoms with Crippen molar-refractivity contribution >= 4 is 0 Å². The summed E-state index contributed by atoms with van der Waals surface area (Å²) in [4.78, 5) is 0. The van der Waals surface area contributed by atoms with Crippen LogP contribution < -0.4 is 14.8 Å². The van der Waals surface area contributed by atoms with E-state index in [1.54, 1.807) is 0 Å². The third kappa shape index (κ3) is 6.20. The topological polar surface area (TPSA) is 30.5 Å². The van der Waals surface area contributed by atoms with Gasteiger partial charge >= 0.3 is 6.36 Å². The lowest BCUT2D eigenvalue weighted by molar-refractivity contribution is -0.274. The van der Waals surface area contributed by atoms with Crippen LogP contribution in [-0.4, -0.2) is 31.7 Å². The summed E-state index contributed by atoms with van der Waals surface area (Å²) in [5, 5.41) is 2.89. The molecular weight excluding hydrogens is 290 g/mol. The molecule has 1 aliphatic heterocycles. The number of nitrogens with one attached hydrogen (secondary N) is 1. The van der Waals surface area contributed by atoms with Crippen LogP contribution in [-0.2, 0) is 0 Å². The molecule has 1 saturated heterocycles. The van der Waals surface area contributed by atoms with Gasteiger partial charge in [-0.2, -0.15) is 0 Å². The lowest BCUT2D eigenvalue weighted by Gasteiger charge is -2.27. The van der Waals surface area contributed by atoms with Gasteiger partial charge in [-0.15, -0.1) is 13.2 Å². The second-order valence-corrected chi connectivity index (χ2v) is 4.18. The molecule has 7 heteroatoms. The molecule has 2 atom stereocenters. The fourth-order valence-corrected chi connectivity index (χ4v) is 1.82. The van der Waals surface area contributed by atoms with Crippen LogP contribution in [0.25, 0.3) is 0 Å². The van der Waals surface area contributed by atoms with Crippen LogP contribution in [0.15, 0.2) is 24.3 Å². The third-order valence-electron chi connectivity index (χ3n) is 2.69. The van der Waals surface area contributed by atoms with E-state index in [0.29, 0.717) is 18.7 Å². The normalized spacial score (nSPS) is 22.0. The first kappa shape index (κ1) is 17.6. The van der Waals surface area contributed by atoms with E-state index >= 15 is 0 Å². The van der Waals surface area contributed by atoms with Crippen LogP contribution in [0.4, 0.5) is 17.6 Å². The predicted molar refractivity (Wildman–Crippen MR) is 71.3 cm³/mol. The minimum atomic E-state index is -4.72. The standard InChI is InChI=1S/C12H13F4NO2.C2H6/c13-10-7-17-6-5-11(10)18-8-1-3-9(4-2-8)19-12(14,15)16;1-2/h1-4,10-11,17H,5-7H2;1-2H3. The van der Waals surface area contributed by atoms with Gasteiger partial charge in [-0.1, -0.05) is 13.8 Å². The van der Waals surface area contributed by atoms with Crippen molar-refractivity contribution < 1.29 is 27.0 Å². The summed E-state index contributed by atoms with van der Waals surface area (Å²) in [5.74, 6) is -0.00830. The molecule has 2 unspecified atom stereocenters. The Morgan fingerprint density at radius 3 is 2.19 bits per heavy atom. The van der Waals surface area contributed by atoms with Gasteiger partial charge in [-0.05, 0) is 37.2 Å². The van der Waals surface area contributed by atoms with Crippen LogP contribution >= 0.6 is 0 Å². The Hall–Kier alpha value is -1.50. The lowest BCUT2D eigenvalue weighted by Crippen LogP contribution is -2.44. The molecule has 0 amide bonds. The number of alkyl halides is 4. The van der Waals surface area contributed by atoms with Gasteiger partial charge in [-0.25, -0.2) is 4.39 Å². The van der Waals surface area contributed by atoms with Crippen molar-refractivity contribution in [2.45, 2.75) is 38.9 Å². The largest absolute Gasteiger partial charge is 0.573 e. The lowest BCUT2D eigenvalue weighted by atomic mass is 10.1. The number of ether oxygens (including phenoxy) is 2. The molecule has 0 radical (unpaired) electrons. The average molecular weight is 309 g/mol. The molecule has 21 heavy (non-hydrogen) atoms. The van der Waals surface area contributed by atoms with E-state index < -0.39 is 18.6 Å². The number of piperidine rings is 1. The molecule has 1 aromatic carbocycles. The van der Waals surface area contributed by atoms with Crippen LogP contribution in [0, 0.1) is 0 Å². The maximum atomic E-state index is 13.5. The van der Waals surface area contributed by atoms with E-state index in [1.807, 2.05) is 13.8 Å². The molecule has 2 rings (SSSR count). The first-order valence-electron chi connectivity index (χ1n) is 6.81. The van der Waals surface area contributed by atoms with Crippen LogP contribution in [0.5, 0.6) is 11.5 Å². The monoisotopic (exact) mass is 309 g/mol. The maximum Gasteiger partial charge on any atom is 0.573 e. The Bertz CT molecular complexity index is 408. The molecule has 3 nitrogen and oxygen atoms in total. The zero-order valence-electron chi connectivity index (χ0n) is 11.9. The minimum absolute atomic E-state index is 0.222. The van der Waals surface area contributed by atoms with E-state index in [4.69, 9.17) is 4.74 Å². The van der Waals surface area contributed by atoms with Gasteiger partial charge in [-0.3, -0.25) is 0 Å². The van der Waals surface area contributed by atoms with Gasteiger partial charge in [0, 0.05) is 6.54 Å². The zero-order valence-corrected chi connectivity index (χ0v) is 11.9. The van der Waals surface area contributed by atoms with E-state index in [9.17, 15) is 17.6 Å². The van der Waals surface area contributed by atoms with Gasteiger partial charge in [0.05, 0.1) is 0 Å². The number of hydrogen-bond acceptors (Lipinski definition) is 3. The summed E-state index contributed by atoms with van der Waals surface area (Å²) < 4.78 is 58.5. The summed E-state index contributed by atoms with van der Waals surface area (Å²) in [6, 6.07) is 4.93. The summed E-state index contributed by atoms with van der Waals surface area (Å²) in [5.41, 5.74) is 0. The van der Waals surface area contributed by atoms with Crippen molar-refractivity contribution in [1.29, 1.82) is 0 Å². The van der Waals surface area contributed by atoms with E-state index in [-0.39, 0.29) is 12.3 Å². The molecule has 1 N–H and O–H groups in total. The fourth-order valence-electron chi connectivity index (χ4n) is 1.82. The van der Waals surface area contributed by atoms with E-state index in [0.717, 1.165) is 12.1 Å². The second kappa shape index (κ2) is 8.07. The fraction of sp³-hybridized carbons (Fsp3) is 0.571. The highest BCUT2D eigenvalue weighted by Crippen LogP contribution is 2.26. The molecule has 0 spiro atoms. The summed E-state index contributed by atoms with van der Waals surface area (Å²) in [7, 11) is 0. The van der Waals surface area contributed by atoms with E-state index in [2.05, 4.69) is 10.1 Å². The van der Waals surface area contributed by atoms with Crippen molar-refractivity contribution in [3.05, 3.63) is 24.3 Å². The number of rotatable bonds is 3. The number of benzene rings is 1. The zero-order chi connectivity index (χ0) is 15.9. The van der Waals surface area contributed by atoms with Crippen LogP contribution in [0.1, 0.15) is 20.3 Å². The van der Waals surface area contributed by atoms with Crippen molar-refractivity contribution in [2.75, 3.05) is 13.1 Å². The molecule has 1 aromatic rings. The van der Waals surface area contributed by atoms with Gasteiger partial charge < -0.3 is 14.8 Å². The Balaban J connectivity index is 0.00000106. The summed E-state index contributed by atoms with van der Waals surface area (Å²) >= 11 is 0. The second-order valence-electron chi connectivity index (χ2n) is 4.18. The Morgan fingerprint density at radius 2 is 1.67 bits per heavy atom. The molecule has 0 aliphatic carbocycles. The van der Waals surface area contributed by atoms with Crippen molar-refractivity contribution in [2.24, 2.45) is 0 Å². The molecule has 0 bridgehead atoms. The van der Waals surface area contributed by atoms with Crippen molar-refractivity contribution in [3.8, 4) is 11.5 Å². The quantitative estimate of drug-likeness (QED) is 0.864. The SMILES string of the molecule is CC.FC1CNCCC1Oc1ccc(OC(F)(F)F)cc1. The Morgan fingerprint density at radius 1 is 1.10 bits per heavy atom. The molecule has 1 heterocycles. The third-order valence-corrected chi connectivity index (χ3v) is 2.69. The Labute approximate surface area is 121 Å². The first-order chi connectivity index (χ1) is 9.94. The number of hydrogen-bond donors (Lipinski definition) is 1. The highest BCUT2D eigenvalue weighted by molar-refractivity contribution is 5.31. The van der Waals surface area contributed by atoms with Crippen molar-refractivity contribution in [1.82, 2.24) is 5.32 Å². The summed E-state index contributed by atoms with van der Waals surface area (Å²) in [6.45, 7) is 4.88. The molecule has 1 aliphatic rings. The smallest absolute Gasteiger partial charge is 0.487 e. The van der Waals surface area contributed by atoms with Crippen LogP contribution in [0.3, 0.4) is 0 Å². The van der Waals surface area contributed by atoms with E-state index in [1.165, 1.54) is 12.1 Å². The Kier molecular flexibility index (Phi) is 6.74. The van der Waals surface area contributed by atoms with Gasteiger partial charge in [0.2, 0.25) is 0 Å². The number of halogens is 4. The minimum Gasteiger partial charge on any atom is -0.487 e. The average Bonchev–Trinajstić information content (AvgIpc) is 2.44. The van der Waals surface area contributed by atoms with Gasteiger partial charge in [0.1, 0.15) is 23.8 Å². The molecular formula is C14H19F4NO2. The predicted octanol–water partition coefficient (Wildman–Crippen LogP) is 3.69. The summed E-state index contributed by atoms with van der Waals surface area (Å²) in [6.07, 6.45) is -5.90. The maximum absolute atomic E-state index is 13.5.